The van der Waals surface area contributed by atoms with Gasteiger partial charge in [-0.1, -0.05) is 18.9 Å². The topological polar surface area (TPSA) is 64.5 Å². The molecule has 4 aromatic rings. The van der Waals surface area contributed by atoms with E-state index in [2.05, 4.69) is 31.9 Å². The number of nitrogens with zero attached hydrogens (tertiary/aromatic N) is 4. The van der Waals surface area contributed by atoms with E-state index in [1.807, 2.05) is 13.0 Å². The summed E-state index contributed by atoms with van der Waals surface area (Å²) in [6, 6.07) is 8.59. The maximum Gasteiger partial charge on any atom is 0.175 e. The first-order chi connectivity index (χ1) is 21.3. The number of benzene rings is 2. The van der Waals surface area contributed by atoms with Crippen LogP contribution in [0.5, 0.6) is 5.75 Å². The molecule has 0 aliphatic carbocycles. The number of fused-ring (bicyclic) bond motifs is 5. The predicted molar refractivity (Wildman–Crippen MR) is 166 cm³/mol. The molecule has 6 nitrogen and oxygen atoms in total. The first-order valence-corrected chi connectivity index (χ1v) is 15.7. The number of phenols is 1. The maximum atomic E-state index is 16.8. The number of piperazine rings is 1. The fourth-order valence-corrected chi connectivity index (χ4v) is 8.15. The minimum absolute atomic E-state index is 0.000680. The standard InChI is InChI=1S/C35H34F3N5O/c1-2-26-29(37)7-4-20-12-25(44)14-27(31(20)26)33-32(38)34-28(16-39-33)30(42-18-23-5-6-24(19-42)40-23)13-22(41-34)8-10-35-9-3-11-43(35)17-21(36)15-35/h4,7,12-14,16,21,23-24,40,44H,2-3,5-6,9,11,15,17-19H2,1H3. The van der Waals surface area contributed by atoms with Crippen molar-refractivity contribution in [3.05, 3.63) is 59.4 Å². The van der Waals surface area contributed by atoms with E-state index in [9.17, 15) is 13.9 Å². The van der Waals surface area contributed by atoms with Crippen molar-refractivity contribution < 1.29 is 18.3 Å². The molecule has 4 aliphatic rings. The number of phenolic OH excluding ortho intramolecular Hbond substituents is 1. The van der Waals surface area contributed by atoms with Crippen LogP contribution in [0.25, 0.3) is 32.9 Å². The van der Waals surface area contributed by atoms with Crippen LogP contribution >= 0.6 is 0 Å². The predicted octanol–water partition coefficient (Wildman–Crippen LogP) is 5.86. The van der Waals surface area contributed by atoms with Crippen molar-refractivity contribution in [1.29, 1.82) is 0 Å². The number of hydrogen-bond donors (Lipinski definition) is 2. The van der Waals surface area contributed by atoms with Gasteiger partial charge in [-0.2, -0.15) is 0 Å². The Balaban J connectivity index is 1.33. The third-order valence-corrected chi connectivity index (χ3v) is 10.1. The molecular formula is C35H34F3N5O. The zero-order valence-corrected chi connectivity index (χ0v) is 24.6. The molecule has 44 heavy (non-hydrogen) atoms. The molecule has 4 fully saturated rings. The number of rotatable bonds is 3. The molecule has 0 radical (unpaired) electrons. The number of anilines is 1. The molecule has 8 rings (SSSR count). The molecule has 2 aromatic carbocycles. The highest BCUT2D eigenvalue weighted by molar-refractivity contribution is 6.02. The number of halogens is 3. The fraction of sp³-hybridized carbons (Fsp3) is 0.429. The molecule has 4 unspecified atom stereocenters. The highest BCUT2D eigenvalue weighted by Gasteiger charge is 2.47. The van der Waals surface area contributed by atoms with Crippen LogP contribution in [-0.2, 0) is 6.42 Å². The van der Waals surface area contributed by atoms with Gasteiger partial charge in [0.1, 0.15) is 34.6 Å². The van der Waals surface area contributed by atoms with Gasteiger partial charge in [-0.25, -0.2) is 18.2 Å². The largest absolute Gasteiger partial charge is 0.508 e. The monoisotopic (exact) mass is 597 g/mol. The van der Waals surface area contributed by atoms with Crippen molar-refractivity contribution in [1.82, 2.24) is 20.2 Å². The number of nitrogens with one attached hydrogen (secondary N) is 1. The Hall–Kier alpha value is -3.87. The summed E-state index contributed by atoms with van der Waals surface area (Å²) in [6.07, 6.45) is 5.48. The van der Waals surface area contributed by atoms with Crippen molar-refractivity contribution in [3.63, 3.8) is 0 Å². The van der Waals surface area contributed by atoms with Crippen LogP contribution < -0.4 is 10.2 Å². The molecule has 4 aliphatic heterocycles. The molecule has 0 amide bonds. The number of aryl methyl sites for hydroxylation is 1. The second-order valence-electron chi connectivity index (χ2n) is 12.9. The van der Waals surface area contributed by atoms with Crippen molar-refractivity contribution in [2.75, 3.05) is 31.1 Å². The van der Waals surface area contributed by atoms with E-state index < -0.39 is 17.5 Å². The summed E-state index contributed by atoms with van der Waals surface area (Å²) < 4.78 is 46.2. The van der Waals surface area contributed by atoms with Crippen LogP contribution in [0.15, 0.2) is 36.5 Å². The van der Waals surface area contributed by atoms with E-state index in [0.717, 1.165) is 51.0 Å². The van der Waals surface area contributed by atoms with Gasteiger partial charge < -0.3 is 15.3 Å². The van der Waals surface area contributed by atoms with Crippen molar-refractivity contribution in [2.24, 2.45) is 0 Å². The van der Waals surface area contributed by atoms with Gasteiger partial charge in [-0.05, 0) is 85.2 Å². The Morgan fingerprint density at radius 2 is 1.93 bits per heavy atom. The Morgan fingerprint density at radius 1 is 1.11 bits per heavy atom. The van der Waals surface area contributed by atoms with Crippen molar-refractivity contribution in [3.8, 4) is 28.8 Å². The number of pyridine rings is 2. The van der Waals surface area contributed by atoms with E-state index in [1.54, 1.807) is 18.3 Å². The van der Waals surface area contributed by atoms with E-state index in [-0.39, 0.29) is 22.8 Å². The SMILES string of the molecule is CCc1c(F)ccc2cc(O)cc(-c3ncc4c(N5CC6CCC(C5)N6)cc(C#CC56CCCN5CC(F)C6)nc4c3F)c12. The Bertz CT molecular complexity index is 1870. The molecule has 4 saturated heterocycles. The lowest BCUT2D eigenvalue weighted by atomic mass is 9.94. The van der Waals surface area contributed by atoms with Gasteiger partial charge in [0.2, 0.25) is 0 Å². The number of alkyl halides is 1. The summed E-state index contributed by atoms with van der Waals surface area (Å²) in [5.74, 6) is 5.53. The van der Waals surface area contributed by atoms with E-state index in [1.165, 1.54) is 12.1 Å². The molecule has 0 spiro atoms. The molecule has 9 heteroatoms. The Kier molecular flexibility index (Phi) is 6.51. The zero-order valence-electron chi connectivity index (χ0n) is 24.6. The van der Waals surface area contributed by atoms with Crippen molar-refractivity contribution >= 4 is 27.4 Å². The molecule has 2 bridgehead atoms. The van der Waals surface area contributed by atoms with Crippen LogP contribution in [0.4, 0.5) is 18.9 Å². The maximum absolute atomic E-state index is 16.8. The summed E-state index contributed by atoms with van der Waals surface area (Å²) in [5, 5.41) is 15.9. The lowest BCUT2D eigenvalue weighted by Crippen LogP contribution is -2.51. The molecule has 226 valence electrons. The minimum atomic E-state index is -0.901. The third-order valence-electron chi connectivity index (χ3n) is 10.1. The van der Waals surface area contributed by atoms with Crippen LogP contribution in [0.2, 0.25) is 0 Å². The number of aromatic hydroxyl groups is 1. The molecular weight excluding hydrogens is 563 g/mol. The normalized spacial score (nSPS) is 26.4. The fourth-order valence-electron chi connectivity index (χ4n) is 8.15. The average molecular weight is 598 g/mol. The summed E-state index contributed by atoms with van der Waals surface area (Å²) in [4.78, 5) is 13.8. The van der Waals surface area contributed by atoms with Gasteiger partial charge >= 0.3 is 0 Å². The quantitative estimate of drug-likeness (QED) is 0.289. The van der Waals surface area contributed by atoms with Gasteiger partial charge in [-0.15, -0.1) is 0 Å². The number of hydrogen-bond acceptors (Lipinski definition) is 6. The van der Waals surface area contributed by atoms with Crippen LogP contribution in [-0.4, -0.2) is 69.9 Å². The Labute approximate surface area is 254 Å². The zero-order chi connectivity index (χ0) is 30.2. The van der Waals surface area contributed by atoms with Gasteiger partial charge in [-0.3, -0.25) is 9.88 Å². The summed E-state index contributed by atoms with van der Waals surface area (Å²) in [6.45, 7) is 4.64. The van der Waals surface area contributed by atoms with Gasteiger partial charge in [0.15, 0.2) is 5.82 Å². The molecule has 0 saturated carbocycles. The van der Waals surface area contributed by atoms with Crippen LogP contribution in [0.1, 0.15) is 50.3 Å². The smallest absolute Gasteiger partial charge is 0.175 e. The molecule has 2 aromatic heterocycles. The molecule has 4 atom stereocenters. The first kappa shape index (κ1) is 27.7. The molecule has 2 N–H and O–H groups in total. The highest BCUT2D eigenvalue weighted by Crippen LogP contribution is 2.41. The van der Waals surface area contributed by atoms with E-state index in [0.29, 0.717) is 64.4 Å². The first-order valence-electron chi connectivity index (χ1n) is 15.7. The van der Waals surface area contributed by atoms with Crippen LogP contribution in [0, 0.1) is 23.5 Å². The number of aromatic nitrogens is 2. The minimum Gasteiger partial charge on any atom is -0.508 e. The Morgan fingerprint density at radius 3 is 2.73 bits per heavy atom. The van der Waals surface area contributed by atoms with E-state index >= 15 is 4.39 Å². The van der Waals surface area contributed by atoms with Gasteiger partial charge in [0.25, 0.3) is 0 Å². The van der Waals surface area contributed by atoms with Gasteiger partial charge in [0, 0.05) is 55.3 Å². The summed E-state index contributed by atoms with van der Waals surface area (Å²) in [5.41, 5.74) is 1.63. The average Bonchev–Trinajstić information content (AvgIpc) is 3.66. The lowest BCUT2D eigenvalue weighted by Gasteiger charge is -2.35. The summed E-state index contributed by atoms with van der Waals surface area (Å²) in [7, 11) is 0. The molecule has 6 heterocycles. The highest BCUT2D eigenvalue weighted by atomic mass is 19.1. The van der Waals surface area contributed by atoms with Gasteiger partial charge in [0.05, 0.1) is 11.2 Å². The lowest BCUT2D eigenvalue weighted by molar-refractivity contribution is 0.255. The summed E-state index contributed by atoms with van der Waals surface area (Å²) >= 11 is 0. The second-order valence-corrected chi connectivity index (χ2v) is 12.9. The van der Waals surface area contributed by atoms with Crippen molar-refractivity contribution in [2.45, 2.75) is 69.2 Å². The third kappa shape index (κ3) is 4.41. The second kappa shape index (κ2) is 10.4. The van der Waals surface area contributed by atoms with Crippen LogP contribution in [0.3, 0.4) is 0 Å². The van der Waals surface area contributed by atoms with E-state index in [4.69, 9.17) is 4.98 Å².